The lowest BCUT2D eigenvalue weighted by Crippen LogP contribution is -2.33. The summed E-state index contributed by atoms with van der Waals surface area (Å²) in [6.07, 6.45) is 10.7. The molecule has 0 atom stereocenters. The van der Waals surface area contributed by atoms with Crippen LogP contribution in [0.15, 0.2) is 24.0 Å². The van der Waals surface area contributed by atoms with E-state index in [1.807, 2.05) is 0 Å². The van der Waals surface area contributed by atoms with Crippen LogP contribution in [0.25, 0.3) is 0 Å². The van der Waals surface area contributed by atoms with Crippen molar-refractivity contribution < 1.29 is 4.48 Å². The molecule has 0 amide bonds. The van der Waals surface area contributed by atoms with Crippen molar-refractivity contribution in [2.24, 2.45) is 11.3 Å². The highest BCUT2D eigenvalue weighted by Crippen LogP contribution is 2.35. The van der Waals surface area contributed by atoms with Crippen molar-refractivity contribution in [3.05, 3.63) is 24.0 Å². The number of hydrogen-bond donors (Lipinski definition) is 1. The summed E-state index contributed by atoms with van der Waals surface area (Å²) in [5, 5.41) is 0. The maximum Gasteiger partial charge on any atom is 0.0439 e. The van der Waals surface area contributed by atoms with E-state index in [1.165, 1.54) is 43.5 Å². The Bertz CT molecular complexity index is 362. The van der Waals surface area contributed by atoms with E-state index in [0.29, 0.717) is 19.0 Å². The van der Waals surface area contributed by atoms with Gasteiger partial charge in [-0.15, -0.1) is 4.48 Å². The predicted molar refractivity (Wildman–Crippen MR) is 94.0 cm³/mol. The Hall–Kier alpha value is -0.830. The first-order valence-corrected chi connectivity index (χ1v) is 8.88. The zero-order valence-corrected chi connectivity index (χ0v) is 15.1. The molecule has 1 aliphatic carbocycles. The summed E-state index contributed by atoms with van der Waals surface area (Å²) >= 11 is 0. The summed E-state index contributed by atoms with van der Waals surface area (Å²) in [5.41, 5.74) is 4.52. The van der Waals surface area contributed by atoms with Gasteiger partial charge in [-0.1, -0.05) is 59.6 Å². The minimum Gasteiger partial charge on any atom is -0.348 e. The van der Waals surface area contributed by atoms with Gasteiger partial charge in [-0.3, -0.25) is 0 Å². The largest absolute Gasteiger partial charge is 0.348 e. The highest BCUT2D eigenvalue weighted by molar-refractivity contribution is 5.15. The van der Waals surface area contributed by atoms with Gasteiger partial charge >= 0.3 is 0 Å². The first-order valence-electron chi connectivity index (χ1n) is 8.88. The van der Waals surface area contributed by atoms with Crippen LogP contribution in [0.4, 0.5) is 4.48 Å². The molecular formula is C19H35FN2. The smallest absolute Gasteiger partial charge is 0.0439 e. The Balaban J connectivity index is 2.91. The highest BCUT2D eigenvalue weighted by Gasteiger charge is 2.25. The molecule has 0 aromatic rings. The lowest BCUT2D eigenvalue weighted by molar-refractivity contribution is 0.253. The lowest BCUT2D eigenvalue weighted by atomic mass is 9.85. The fourth-order valence-electron chi connectivity index (χ4n) is 3.34. The van der Waals surface area contributed by atoms with Gasteiger partial charge in [0.05, 0.1) is 0 Å². The van der Waals surface area contributed by atoms with Gasteiger partial charge in [0.2, 0.25) is 0 Å². The van der Waals surface area contributed by atoms with Crippen LogP contribution in [-0.2, 0) is 0 Å². The van der Waals surface area contributed by atoms with Crippen molar-refractivity contribution in [1.29, 1.82) is 0 Å². The van der Waals surface area contributed by atoms with E-state index in [0.717, 1.165) is 12.8 Å². The monoisotopic (exact) mass is 310 g/mol. The summed E-state index contributed by atoms with van der Waals surface area (Å²) in [6, 6.07) is 0. The van der Waals surface area contributed by atoms with Crippen LogP contribution in [-0.4, -0.2) is 18.0 Å². The third-order valence-electron chi connectivity index (χ3n) is 4.35. The average Bonchev–Trinajstić information content (AvgIpc) is 2.47. The fourth-order valence-corrected chi connectivity index (χ4v) is 3.34. The maximum atomic E-state index is 12.5. The number of hydrogen-bond acceptors (Lipinski definition) is 2. The van der Waals surface area contributed by atoms with Crippen LogP contribution in [0.1, 0.15) is 72.6 Å². The maximum absolute atomic E-state index is 12.5. The van der Waals surface area contributed by atoms with Crippen molar-refractivity contribution in [3.8, 4) is 0 Å². The Morgan fingerprint density at radius 1 is 1.27 bits per heavy atom. The zero-order chi connectivity index (χ0) is 16.6. The highest BCUT2D eigenvalue weighted by atomic mass is 19.2. The molecule has 128 valence electrons. The van der Waals surface area contributed by atoms with E-state index >= 15 is 0 Å². The Kier molecular flexibility index (Phi) is 8.16. The van der Waals surface area contributed by atoms with E-state index in [-0.39, 0.29) is 5.41 Å². The molecule has 0 unspecified atom stereocenters. The zero-order valence-electron chi connectivity index (χ0n) is 15.1. The number of allylic oxidation sites excluding steroid dienone is 3. The number of nitrogens with one attached hydrogen (secondary N) is 1. The number of rotatable bonds is 8. The minimum absolute atomic E-state index is 0.218. The van der Waals surface area contributed by atoms with Crippen molar-refractivity contribution in [3.63, 3.8) is 0 Å². The molecule has 0 saturated heterocycles. The normalized spacial score (nSPS) is 17.6. The molecule has 22 heavy (non-hydrogen) atoms. The lowest BCUT2D eigenvalue weighted by Gasteiger charge is -2.37. The van der Waals surface area contributed by atoms with Crippen LogP contribution in [0.2, 0.25) is 0 Å². The van der Waals surface area contributed by atoms with Gasteiger partial charge in [-0.2, -0.15) is 5.54 Å². The molecule has 0 aliphatic heterocycles. The Labute approximate surface area is 136 Å². The molecule has 3 heteroatoms. The molecule has 0 radical (unpaired) electrons. The average molecular weight is 311 g/mol. The SMILES string of the molecule is C=C(C1CCCCC1)N(CCNF)/C(=C\CC)CC(C)(C)C. The molecule has 0 heterocycles. The van der Waals surface area contributed by atoms with Gasteiger partial charge in [0.1, 0.15) is 0 Å². The molecule has 0 aromatic carbocycles. The van der Waals surface area contributed by atoms with E-state index in [1.54, 1.807) is 5.54 Å². The Morgan fingerprint density at radius 3 is 2.41 bits per heavy atom. The van der Waals surface area contributed by atoms with Crippen LogP contribution in [0, 0.1) is 11.3 Å². The quantitative estimate of drug-likeness (QED) is 0.588. The van der Waals surface area contributed by atoms with E-state index in [4.69, 9.17) is 0 Å². The van der Waals surface area contributed by atoms with Crippen molar-refractivity contribution in [2.75, 3.05) is 13.1 Å². The third-order valence-corrected chi connectivity index (χ3v) is 4.35. The molecule has 0 bridgehead atoms. The van der Waals surface area contributed by atoms with Crippen molar-refractivity contribution in [1.82, 2.24) is 10.4 Å². The van der Waals surface area contributed by atoms with Gasteiger partial charge in [0.15, 0.2) is 0 Å². The molecule has 0 spiro atoms. The summed E-state index contributed by atoms with van der Waals surface area (Å²) in [4.78, 5) is 2.29. The fraction of sp³-hybridized carbons (Fsp3) is 0.789. The third kappa shape index (κ3) is 6.51. The number of halogens is 1. The molecule has 1 aliphatic rings. The molecular weight excluding hydrogens is 275 g/mol. The molecule has 1 rings (SSSR count). The van der Waals surface area contributed by atoms with Crippen LogP contribution in [0.3, 0.4) is 0 Å². The summed E-state index contributed by atoms with van der Waals surface area (Å²) in [6.45, 7) is 14.3. The van der Waals surface area contributed by atoms with Crippen LogP contribution in [0.5, 0.6) is 0 Å². The van der Waals surface area contributed by atoms with Crippen LogP contribution < -0.4 is 5.54 Å². The summed E-state index contributed by atoms with van der Waals surface area (Å²) in [5.74, 6) is 0.564. The van der Waals surface area contributed by atoms with Gasteiger partial charge in [-0.05, 0) is 37.0 Å². The standard InChI is InChI=1S/C19H35FN2/c1-6-10-18(15-19(3,4)5)22(14-13-21-20)16(2)17-11-8-7-9-12-17/h10,17,21H,2,6-9,11-15H2,1,3-5H3/b18-10-. The van der Waals surface area contributed by atoms with E-state index < -0.39 is 0 Å². The number of nitrogens with zero attached hydrogens (tertiary/aromatic N) is 1. The van der Waals surface area contributed by atoms with Gasteiger partial charge in [-0.25, -0.2) is 0 Å². The second-order valence-electron chi connectivity index (χ2n) is 7.70. The minimum atomic E-state index is 0.218. The predicted octanol–water partition coefficient (Wildman–Crippen LogP) is 5.59. The first-order chi connectivity index (χ1) is 10.4. The van der Waals surface area contributed by atoms with E-state index in [2.05, 4.69) is 45.2 Å². The summed E-state index contributed by atoms with van der Waals surface area (Å²) in [7, 11) is 0. The molecule has 2 nitrogen and oxygen atoms in total. The van der Waals surface area contributed by atoms with Crippen molar-refractivity contribution in [2.45, 2.75) is 72.6 Å². The van der Waals surface area contributed by atoms with Crippen LogP contribution >= 0.6 is 0 Å². The molecule has 1 fully saturated rings. The second kappa shape index (κ2) is 9.34. The van der Waals surface area contributed by atoms with Gasteiger partial charge in [0.25, 0.3) is 0 Å². The molecule has 1 saturated carbocycles. The van der Waals surface area contributed by atoms with Gasteiger partial charge < -0.3 is 4.90 Å². The summed E-state index contributed by atoms with van der Waals surface area (Å²) < 4.78 is 12.5. The first kappa shape index (κ1) is 19.2. The topological polar surface area (TPSA) is 15.3 Å². The molecule has 1 N–H and O–H groups in total. The molecule has 0 aromatic heterocycles. The van der Waals surface area contributed by atoms with Crippen molar-refractivity contribution >= 4 is 0 Å². The van der Waals surface area contributed by atoms with E-state index in [9.17, 15) is 4.48 Å². The Morgan fingerprint density at radius 2 is 1.91 bits per heavy atom. The second-order valence-corrected chi connectivity index (χ2v) is 7.70. The van der Waals surface area contributed by atoms with Gasteiger partial charge in [0, 0.05) is 24.5 Å².